The average molecular weight is 395 g/mol. The first-order chi connectivity index (χ1) is 13.5. The van der Waals surface area contributed by atoms with Crippen LogP contribution in [-0.2, 0) is 0 Å². The van der Waals surface area contributed by atoms with Gasteiger partial charge in [0.1, 0.15) is 5.67 Å². The maximum absolute atomic E-state index is 14.0. The van der Waals surface area contributed by atoms with Crippen LogP contribution in [0.4, 0.5) is 16.0 Å². The van der Waals surface area contributed by atoms with Crippen molar-refractivity contribution in [2.75, 3.05) is 5.32 Å². The van der Waals surface area contributed by atoms with Gasteiger partial charge in [-0.05, 0) is 67.7 Å². The summed E-state index contributed by atoms with van der Waals surface area (Å²) in [5.74, 6) is 0.656. The number of halogens is 2. The van der Waals surface area contributed by atoms with E-state index in [0.717, 1.165) is 39.6 Å². The van der Waals surface area contributed by atoms with Crippen LogP contribution in [0.2, 0.25) is 5.02 Å². The predicted molar refractivity (Wildman–Crippen MR) is 114 cm³/mol. The van der Waals surface area contributed by atoms with Crippen LogP contribution >= 0.6 is 11.6 Å². The summed E-state index contributed by atoms with van der Waals surface area (Å²) in [5.41, 5.74) is 4.87. The summed E-state index contributed by atoms with van der Waals surface area (Å²) < 4.78 is 14.0. The number of nitrogens with one attached hydrogen (secondary N) is 3. The minimum atomic E-state index is -1.08. The van der Waals surface area contributed by atoms with Gasteiger partial charge in [0, 0.05) is 22.8 Å². The second-order valence-corrected chi connectivity index (χ2v) is 8.09. The van der Waals surface area contributed by atoms with E-state index in [4.69, 9.17) is 11.6 Å². The zero-order chi connectivity index (χ0) is 19.3. The van der Waals surface area contributed by atoms with Crippen LogP contribution in [0.1, 0.15) is 31.7 Å². The van der Waals surface area contributed by atoms with E-state index in [9.17, 15) is 4.39 Å². The molecule has 142 valence electrons. The first kappa shape index (κ1) is 17.3. The molecule has 2 heterocycles. The molecule has 0 radical (unpaired) electrons. The summed E-state index contributed by atoms with van der Waals surface area (Å²) in [6.45, 7) is 1.67. The van der Waals surface area contributed by atoms with Crippen molar-refractivity contribution in [2.45, 2.75) is 31.9 Å². The summed E-state index contributed by atoms with van der Waals surface area (Å²) in [7, 11) is 0. The number of aromatic nitrogens is 3. The van der Waals surface area contributed by atoms with E-state index in [-0.39, 0.29) is 0 Å². The van der Waals surface area contributed by atoms with Crippen LogP contribution in [0.15, 0.2) is 48.7 Å². The SMILES string of the molecule is CC1(F)CC=C(c2ccc3[nH]c(Nc4cc(Cl)c5cc[nH]c5c4)nc3c2)CC1. The number of imidazole rings is 1. The molecule has 1 aliphatic rings. The quantitative estimate of drug-likeness (QED) is 0.360. The fourth-order valence-electron chi connectivity index (χ4n) is 3.79. The highest BCUT2D eigenvalue weighted by Gasteiger charge is 2.26. The van der Waals surface area contributed by atoms with Crippen LogP contribution in [0.3, 0.4) is 0 Å². The minimum absolute atomic E-state index is 0.468. The van der Waals surface area contributed by atoms with Gasteiger partial charge in [0.2, 0.25) is 5.95 Å². The summed E-state index contributed by atoms with van der Waals surface area (Å²) in [6.07, 6.45) is 5.67. The first-order valence-corrected chi connectivity index (χ1v) is 9.76. The van der Waals surface area contributed by atoms with Gasteiger partial charge in [0.15, 0.2) is 0 Å². The van der Waals surface area contributed by atoms with E-state index in [1.54, 1.807) is 6.92 Å². The molecule has 0 amide bonds. The van der Waals surface area contributed by atoms with E-state index < -0.39 is 5.67 Å². The molecule has 1 atom stereocenters. The standard InChI is InChI=1S/C22H20ClFN4/c1-22(24)7-4-13(5-8-22)14-2-3-18-20(10-14)28-21(27-18)26-15-11-17(23)16-6-9-25-19(16)12-15/h2-4,6,9-12,25H,5,7-8H2,1H3,(H2,26,27,28). The number of allylic oxidation sites excluding steroid dienone is 2. The van der Waals surface area contributed by atoms with Crippen molar-refractivity contribution < 1.29 is 4.39 Å². The summed E-state index contributed by atoms with van der Waals surface area (Å²) >= 11 is 6.35. The lowest BCUT2D eigenvalue weighted by atomic mass is 9.85. The minimum Gasteiger partial charge on any atom is -0.361 e. The molecule has 1 unspecified atom stereocenters. The Morgan fingerprint density at radius 3 is 2.89 bits per heavy atom. The number of nitrogens with zero attached hydrogens (tertiary/aromatic N) is 1. The average Bonchev–Trinajstić information content (AvgIpc) is 3.27. The second kappa shape index (κ2) is 6.38. The number of rotatable bonds is 3. The monoisotopic (exact) mass is 394 g/mol. The highest BCUT2D eigenvalue weighted by Crippen LogP contribution is 2.36. The van der Waals surface area contributed by atoms with Crippen LogP contribution < -0.4 is 5.32 Å². The molecule has 0 saturated heterocycles. The van der Waals surface area contributed by atoms with Gasteiger partial charge in [-0.2, -0.15) is 0 Å². The Balaban J connectivity index is 1.44. The van der Waals surface area contributed by atoms with Crippen molar-refractivity contribution in [2.24, 2.45) is 0 Å². The van der Waals surface area contributed by atoms with Gasteiger partial charge in [-0.1, -0.05) is 23.7 Å². The van der Waals surface area contributed by atoms with E-state index >= 15 is 0 Å². The van der Waals surface area contributed by atoms with Crippen molar-refractivity contribution in [1.82, 2.24) is 15.0 Å². The zero-order valence-corrected chi connectivity index (χ0v) is 16.2. The molecule has 2 aromatic heterocycles. The molecular formula is C22H20ClFN4. The smallest absolute Gasteiger partial charge is 0.205 e. The van der Waals surface area contributed by atoms with E-state index in [1.807, 2.05) is 36.5 Å². The third-order valence-electron chi connectivity index (χ3n) is 5.42. The molecule has 5 rings (SSSR count). The van der Waals surface area contributed by atoms with Crippen molar-refractivity contribution >= 4 is 50.7 Å². The molecular weight excluding hydrogens is 375 g/mol. The molecule has 28 heavy (non-hydrogen) atoms. The molecule has 0 aliphatic heterocycles. The van der Waals surface area contributed by atoms with Crippen molar-refractivity contribution in [3.8, 4) is 0 Å². The number of aromatic amines is 2. The van der Waals surface area contributed by atoms with Crippen LogP contribution in [-0.4, -0.2) is 20.6 Å². The lowest BCUT2D eigenvalue weighted by molar-refractivity contribution is 0.176. The Bertz CT molecular complexity index is 1220. The van der Waals surface area contributed by atoms with Crippen LogP contribution in [0, 0.1) is 0 Å². The first-order valence-electron chi connectivity index (χ1n) is 9.39. The zero-order valence-electron chi connectivity index (χ0n) is 15.4. The van der Waals surface area contributed by atoms with Gasteiger partial charge in [-0.3, -0.25) is 0 Å². The number of H-pyrrole nitrogens is 2. The van der Waals surface area contributed by atoms with E-state index in [2.05, 4.69) is 32.4 Å². The Hall–Kier alpha value is -2.79. The van der Waals surface area contributed by atoms with E-state index in [0.29, 0.717) is 23.8 Å². The predicted octanol–water partition coefficient (Wildman–Crippen LogP) is 6.74. The molecule has 0 saturated carbocycles. The summed E-state index contributed by atoms with van der Waals surface area (Å²) in [5, 5.41) is 4.97. The molecule has 0 spiro atoms. The highest BCUT2D eigenvalue weighted by molar-refractivity contribution is 6.35. The Morgan fingerprint density at radius 1 is 1.18 bits per heavy atom. The molecule has 0 bridgehead atoms. The third kappa shape index (κ3) is 3.16. The Morgan fingerprint density at radius 2 is 2.07 bits per heavy atom. The Kier molecular flexibility index (Phi) is 3.95. The van der Waals surface area contributed by atoms with Gasteiger partial charge in [0.05, 0.1) is 16.1 Å². The Labute approximate surface area is 166 Å². The molecule has 0 fully saturated rings. The number of alkyl halides is 1. The maximum atomic E-state index is 14.0. The topological polar surface area (TPSA) is 56.5 Å². The fraction of sp³-hybridized carbons (Fsp3) is 0.227. The molecule has 1 aliphatic carbocycles. The van der Waals surface area contributed by atoms with Crippen molar-refractivity contribution in [3.05, 3.63) is 59.3 Å². The maximum Gasteiger partial charge on any atom is 0.205 e. The lowest BCUT2D eigenvalue weighted by Crippen LogP contribution is -2.19. The number of hydrogen-bond acceptors (Lipinski definition) is 2. The van der Waals surface area contributed by atoms with Gasteiger partial charge >= 0.3 is 0 Å². The van der Waals surface area contributed by atoms with Gasteiger partial charge in [0.25, 0.3) is 0 Å². The number of hydrogen-bond donors (Lipinski definition) is 3. The molecule has 4 aromatic rings. The lowest BCUT2D eigenvalue weighted by Gasteiger charge is -2.24. The molecule has 4 nitrogen and oxygen atoms in total. The van der Waals surface area contributed by atoms with Crippen LogP contribution in [0.5, 0.6) is 0 Å². The van der Waals surface area contributed by atoms with Gasteiger partial charge < -0.3 is 15.3 Å². The van der Waals surface area contributed by atoms with Crippen molar-refractivity contribution in [1.29, 1.82) is 0 Å². The molecule has 2 aromatic carbocycles. The molecule has 3 N–H and O–H groups in total. The van der Waals surface area contributed by atoms with E-state index in [1.165, 1.54) is 5.57 Å². The third-order valence-corrected chi connectivity index (χ3v) is 5.74. The van der Waals surface area contributed by atoms with Gasteiger partial charge in [-0.25, -0.2) is 9.37 Å². The second-order valence-electron chi connectivity index (χ2n) is 7.69. The normalized spacial score (nSPS) is 19.9. The summed E-state index contributed by atoms with van der Waals surface area (Å²) in [4.78, 5) is 11.1. The number of fused-ring (bicyclic) bond motifs is 2. The summed E-state index contributed by atoms with van der Waals surface area (Å²) in [6, 6.07) is 12.0. The highest BCUT2D eigenvalue weighted by atomic mass is 35.5. The number of anilines is 2. The molecule has 6 heteroatoms. The largest absolute Gasteiger partial charge is 0.361 e. The number of benzene rings is 2. The van der Waals surface area contributed by atoms with Gasteiger partial charge in [-0.15, -0.1) is 0 Å². The van der Waals surface area contributed by atoms with Crippen molar-refractivity contribution in [3.63, 3.8) is 0 Å². The fourth-order valence-corrected chi connectivity index (χ4v) is 4.08. The van der Waals surface area contributed by atoms with Crippen LogP contribution in [0.25, 0.3) is 27.5 Å².